The molecule has 0 saturated heterocycles. The number of hydrogen-bond acceptors (Lipinski definition) is 5. The van der Waals surface area contributed by atoms with Gasteiger partial charge in [0.1, 0.15) is 6.33 Å². The molecule has 1 fully saturated rings. The van der Waals surface area contributed by atoms with Gasteiger partial charge in [0.05, 0.1) is 7.11 Å². The Labute approximate surface area is 121 Å². The summed E-state index contributed by atoms with van der Waals surface area (Å²) in [5, 5.41) is 3.32. The molecule has 5 nitrogen and oxygen atoms in total. The Hall–Kier alpha value is -1.52. The second-order valence-electron chi connectivity index (χ2n) is 5.78. The van der Waals surface area contributed by atoms with Gasteiger partial charge in [-0.25, -0.2) is 9.97 Å². The van der Waals surface area contributed by atoms with Gasteiger partial charge < -0.3 is 15.0 Å². The predicted octanol–water partition coefficient (Wildman–Crippen LogP) is 2.93. The van der Waals surface area contributed by atoms with Crippen LogP contribution in [0.4, 0.5) is 11.6 Å². The maximum Gasteiger partial charge on any atom is 0.204 e. The van der Waals surface area contributed by atoms with Crippen molar-refractivity contribution in [2.24, 2.45) is 5.92 Å². The number of nitrogens with one attached hydrogen (secondary N) is 1. The van der Waals surface area contributed by atoms with Crippen LogP contribution in [0.15, 0.2) is 6.33 Å². The molecule has 0 aromatic carbocycles. The number of ether oxygens (including phenoxy) is 1. The van der Waals surface area contributed by atoms with Gasteiger partial charge in [0.25, 0.3) is 0 Å². The Morgan fingerprint density at radius 2 is 2.15 bits per heavy atom. The zero-order chi connectivity index (χ0) is 14.5. The molecule has 0 bridgehead atoms. The number of nitrogens with zero attached hydrogens (tertiary/aromatic N) is 3. The first kappa shape index (κ1) is 14.9. The summed E-state index contributed by atoms with van der Waals surface area (Å²) in [6.07, 6.45) is 5.18. The van der Waals surface area contributed by atoms with E-state index in [9.17, 15) is 0 Å². The fourth-order valence-corrected chi connectivity index (χ4v) is 2.31. The quantitative estimate of drug-likeness (QED) is 0.792. The summed E-state index contributed by atoms with van der Waals surface area (Å²) >= 11 is 0. The molecule has 1 aromatic rings. The molecule has 1 aliphatic carbocycles. The van der Waals surface area contributed by atoms with Crippen LogP contribution in [0.3, 0.4) is 0 Å². The van der Waals surface area contributed by atoms with Crippen molar-refractivity contribution in [1.29, 1.82) is 0 Å². The summed E-state index contributed by atoms with van der Waals surface area (Å²) in [7, 11) is 1.69. The molecule has 1 saturated carbocycles. The normalized spacial score (nSPS) is 14.4. The predicted molar refractivity (Wildman–Crippen MR) is 82.6 cm³/mol. The second-order valence-corrected chi connectivity index (χ2v) is 5.78. The van der Waals surface area contributed by atoms with Gasteiger partial charge in [-0.15, -0.1) is 0 Å². The van der Waals surface area contributed by atoms with Gasteiger partial charge in [0.2, 0.25) is 5.75 Å². The third kappa shape index (κ3) is 3.52. The van der Waals surface area contributed by atoms with Crippen molar-refractivity contribution >= 4 is 11.6 Å². The van der Waals surface area contributed by atoms with Crippen molar-refractivity contribution in [2.45, 2.75) is 46.1 Å². The van der Waals surface area contributed by atoms with E-state index in [1.807, 2.05) is 0 Å². The third-order valence-electron chi connectivity index (χ3n) is 3.35. The zero-order valence-electron chi connectivity index (χ0n) is 13.0. The Balaban J connectivity index is 2.28. The van der Waals surface area contributed by atoms with Gasteiger partial charge in [0, 0.05) is 19.1 Å². The average molecular weight is 278 g/mol. The van der Waals surface area contributed by atoms with Crippen LogP contribution >= 0.6 is 0 Å². The summed E-state index contributed by atoms with van der Waals surface area (Å²) in [4.78, 5) is 11.2. The molecule has 1 aromatic heterocycles. The van der Waals surface area contributed by atoms with Crippen molar-refractivity contribution in [3.8, 4) is 5.75 Å². The number of hydrogen-bond donors (Lipinski definition) is 1. The molecule has 1 aliphatic rings. The molecule has 5 heteroatoms. The standard InChI is InChI=1S/C15H26N4O/c1-5-8-16-14-13(20-4)15(18-10-17-14)19(9-11(2)3)12-6-7-12/h10-12H,5-9H2,1-4H3,(H,16,17,18). The maximum absolute atomic E-state index is 5.58. The van der Waals surface area contributed by atoms with E-state index in [2.05, 4.69) is 41.0 Å². The lowest BCUT2D eigenvalue weighted by Crippen LogP contribution is -2.31. The summed E-state index contributed by atoms with van der Waals surface area (Å²) in [5.41, 5.74) is 0. The Morgan fingerprint density at radius 3 is 2.70 bits per heavy atom. The van der Waals surface area contributed by atoms with E-state index < -0.39 is 0 Å². The summed E-state index contributed by atoms with van der Waals surface area (Å²) in [6, 6.07) is 0.611. The van der Waals surface area contributed by atoms with Gasteiger partial charge in [-0.3, -0.25) is 0 Å². The molecule has 0 spiro atoms. The van der Waals surface area contributed by atoms with Crippen LogP contribution in [0.5, 0.6) is 5.75 Å². The van der Waals surface area contributed by atoms with E-state index in [4.69, 9.17) is 4.74 Å². The molecule has 0 radical (unpaired) electrons. The molecule has 1 heterocycles. The van der Waals surface area contributed by atoms with Crippen molar-refractivity contribution < 1.29 is 4.74 Å². The number of rotatable bonds is 8. The molecule has 0 atom stereocenters. The van der Waals surface area contributed by atoms with E-state index >= 15 is 0 Å². The van der Waals surface area contributed by atoms with Gasteiger partial charge in [0.15, 0.2) is 11.6 Å². The van der Waals surface area contributed by atoms with Gasteiger partial charge in [-0.2, -0.15) is 0 Å². The minimum atomic E-state index is 0.599. The third-order valence-corrected chi connectivity index (χ3v) is 3.35. The van der Waals surface area contributed by atoms with E-state index in [0.29, 0.717) is 12.0 Å². The molecule has 2 rings (SSSR count). The van der Waals surface area contributed by atoms with Crippen LogP contribution in [0.25, 0.3) is 0 Å². The van der Waals surface area contributed by atoms with E-state index in [-0.39, 0.29) is 0 Å². The zero-order valence-corrected chi connectivity index (χ0v) is 13.0. The SMILES string of the molecule is CCCNc1ncnc(N(CC(C)C)C2CC2)c1OC. The van der Waals surface area contributed by atoms with Gasteiger partial charge in [-0.05, 0) is 25.2 Å². The smallest absolute Gasteiger partial charge is 0.204 e. The summed E-state index contributed by atoms with van der Waals surface area (Å²) in [5.74, 6) is 3.10. The molecule has 0 aliphatic heterocycles. The van der Waals surface area contributed by atoms with Crippen molar-refractivity contribution in [1.82, 2.24) is 9.97 Å². The van der Waals surface area contributed by atoms with E-state index in [0.717, 1.165) is 36.9 Å². The lowest BCUT2D eigenvalue weighted by atomic mass is 10.2. The lowest BCUT2D eigenvalue weighted by Gasteiger charge is -2.27. The van der Waals surface area contributed by atoms with Crippen LogP contribution < -0.4 is 15.0 Å². The second kappa shape index (κ2) is 6.77. The maximum atomic E-state index is 5.58. The first-order valence-electron chi connectivity index (χ1n) is 7.56. The fraction of sp³-hybridized carbons (Fsp3) is 0.733. The highest BCUT2D eigenvalue weighted by molar-refractivity contribution is 5.65. The Morgan fingerprint density at radius 1 is 1.40 bits per heavy atom. The topological polar surface area (TPSA) is 50.3 Å². The number of anilines is 2. The molecule has 20 heavy (non-hydrogen) atoms. The first-order chi connectivity index (χ1) is 9.67. The summed E-state index contributed by atoms with van der Waals surface area (Å²) in [6.45, 7) is 8.50. The molecular formula is C15H26N4O. The average Bonchev–Trinajstić information content (AvgIpc) is 3.26. The highest BCUT2D eigenvalue weighted by Crippen LogP contribution is 2.38. The molecule has 0 unspecified atom stereocenters. The van der Waals surface area contributed by atoms with Crippen molar-refractivity contribution in [2.75, 3.05) is 30.4 Å². The van der Waals surface area contributed by atoms with Gasteiger partial charge >= 0.3 is 0 Å². The first-order valence-corrected chi connectivity index (χ1v) is 7.56. The highest BCUT2D eigenvalue weighted by Gasteiger charge is 2.32. The minimum absolute atomic E-state index is 0.599. The van der Waals surface area contributed by atoms with E-state index in [1.54, 1.807) is 13.4 Å². The Kier molecular flexibility index (Phi) is 5.04. The number of methoxy groups -OCH3 is 1. The number of aromatic nitrogens is 2. The highest BCUT2D eigenvalue weighted by atomic mass is 16.5. The lowest BCUT2D eigenvalue weighted by molar-refractivity contribution is 0.410. The largest absolute Gasteiger partial charge is 0.490 e. The fourth-order valence-electron chi connectivity index (χ4n) is 2.31. The van der Waals surface area contributed by atoms with Crippen molar-refractivity contribution in [3.05, 3.63) is 6.33 Å². The van der Waals surface area contributed by atoms with Crippen LogP contribution in [0.2, 0.25) is 0 Å². The molecule has 0 amide bonds. The van der Waals surface area contributed by atoms with E-state index in [1.165, 1.54) is 12.8 Å². The summed E-state index contributed by atoms with van der Waals surface area (Å²) < 4.78 is 5.58. The van der Waals surface area contributed by atoms with Crippen molar-refractivity contribution in [3.63, 3.8) is 0 Å². The Bertz CT molecular complexity index is 432. The molecule has 112 valence electrons. The van der Waals surface area contributed by atoms with Crippen LogP contribution in [0, 0.1) is 5.92 Å². The monoisotopic (exact) mass is 278 g/mol. The van der Waals surface area contributed by atoms with Crippen LogP contribution in [-0.4, -0.2) is 36.2 Å². The molecular weight excluding hydrogens is 252 g/mol. The van der Waals surface area contributed by atoms with Gasteiger partial charge in [-0.1, -0.05) is 20.8 Å². The van der Waals surface area contributed by atoms with Crippen LogP contribution in [0.1, 0.15) is 40.0 Å². The van der Waals surface area contributed by atoms with Crippen LogP contribution in [-0.2, 0) is 0 Å². The minimum Gasteiger partial charge on any atom is -0.490 e. The molecule has 1 N–H and O–H groups in total.